The van der Waals surface area contributed by atoms with Crippen molar-refractivity contribution in [3.8, 4) is 40.1 Å². The van der Waals surface area contributed by atoms with E-state index in [0.717, 1.165) is 16.7 Å². The summed E-state index contributed by atoms with van der Waals surface area (Å²) in [6, 6.07) is 57.5. The molecule has 0 N–H and O–H groups in total. The number of aryl methyl sites for hydroxylation is 1. The van der Waals surface area contributed by atoms with Crippen LogP contribution in [0.4, 0.5) is 0 Å². The Morgan fingerprint density at radius 3 is 1.66 bits per heavy atom. The molecule has 16 heteroatoms. The van der Waals surface area contributed by atoms with Crippen molar-refractivity contribution in [1.82, 2.24) is 0 Å². The Bertz CT molecular complexity index is 3840. The second-order valence-corrected chi connectivity index (χ2v) is 19.1. The van der Waals surface area contributed by atoms with Crippen LogP contribution in [0.1, 0.15) is 65.0 Å². The molecule has 1 aromatic heterocycles. The molecule has 0 aliphatic carbocycles. The number of benzene rings is 8. The maximum atomic E-state index is 14.8. The zero-order valence-electron chi connectivity index (χ0n) is 44.5. The van der Waals surface area contributed by atoms with Gasteiger partial charge in [0.1, 0.15) is 35.2 Å². The minimum Gasteiger partial charge on any atom is -0.493 e. The third kappa shape index (κ3) is 11.1. The Morgan fingerprint density at radius 2 is 1.09 bits per heavy atom. The lowest BCUT2D eigenvalue weighted by molar-refractivity contribution is -0.275. The fraction of sp³-hybridized carbons (Fsp3) is 0.167. The molecule has 3 heterocycles. The number of ether oxygens (including phenoxy) is 10. The fourth-order valence-corrected chi connectivity index (χ4v) is 9.77. The zero-order chi connectivity index (χ0) is 56.7. The summed E-state index contributed by atoms with van der Waals surface area (Å²) in [6.45, 7) is 3.17. The number of carbonyl (C=O) groups is 4. The standard InChI is InChI=1S/C66H52O16/c1-4-73-51-37-48(38-52-54(51)55(67)58(72-3)56(76-52)45-33-34-49-50(36-45)82-66(81-49,46-30-18-9-19-31-46)47-32-20-21-40(2)35-47)75-65-60(80-64(71)44-28-16-8-17-29-44)59(79-63(70)43-26-14-7-15-27-43)57(78-62(69)42-24-12-6-13-25-42)53(77-65)39-74-61(68)41-22-10-5-11-23-41/h5-38,53,57,59-60,65H,4,39H2,1-3H3/t53?,57-,59?,60?,65-,66?/m1/s1. The molecule has 0 amide bonds. The molecule has 4 unspecified atom stereocenters. The maximum absolute atomic E-state index is 14.8. The molecule has 11 rings (SSSR count). The first-order chi connectivity index (χ1) is 40.0. The Balaban J connectivity index is 1.02. The first-order valence-corrected chi connectivity index (χ1v) is 26.3. The van der Waals surface area contributed by atoms with Crippen LogP contribution in [0.15, 0.2) is 215 Å². The van der Waals surface area contributed by atoms with Gasteiger partial charge >= 0.3 is 29.7 Å². The highest BCUT2D eigenvalue weighted by Crippen LogP contribution is 2.50. The summed E-state index contributed by atoms with van der Waals surface area (Å²) < 4.78 is 70.1. The maximum Gasteiger partial charge on any atom is 0.338 e. The highest BCUT2D eigenvalue weighted by molar-refractivity contribution is 5.92. The van der Waals surface area contributed by atoms with Gasteiger partial charge in [0.2, 0.25) is 23.6 Å². The van der Waals surface area contributed by atoms with Crippen LogP contribution in [0, 0.1) is 6.92 Å². The Hall–Kier alpha value is -10.2. The van der Waals surface area contributed by atoms with Gasteiger partial charge in [0.05, 0.1) is 36.0 Å². The van der Waals surface area contributed by atoms with Gasteiger partial charge in [-0.2, -0.15) is 0 Å². The number of carbonyl (C=O) groups excluding carboxylic acids is 4. The number of hydrogen-bond acceptors (Lipinski definition) is 16. The molecule has 82 heavy (non-hydrogen) atoms. The minimum atomic E-state index is -1.77. The summed E-state index contributed by atoms with van der Waals surface area (Å²) in [4.78, 5) is 71.2. The number of hydrogen-bond donors (Lipinski definition) is 0. The van der Waals surface area contributed by atoms with E-state index < -0.39 is 72.4 Å². The Labute approximate surface area is 470 Å². The molecule has 412 valence electrons. The van der Waals surface area contributed by atoms with Gasteiger partial charge in [-0.15, -0.1) is 0 Å². The lowest BCUT2D eigenvalue weighted by Crippen LogP contribution is -2.63. The van der Waals surface area contributed by atoms with Crippen molar-refractivity contribution < 1.29 is 71.0 Å². The number of fused-ring (bicyclic) bond motifs is 2. The van der Waals surface area contributed by atoms with Crippen LogP contribution in [-0.4, -0.2) is 74.9 Å². The Kier molecular flexibility index (Phi) is 15.5. The molecule has 2 aliphatic rings. The molecular formula is C66H52O16. The smallest absolute Gasteiger partial charge is 0.338 e. The topological polar surface area (TPSA) is 191 Å². The molecule has 6 atom stereocenters. The second kappa shape index (κ2) is 23.6. The highest BCUT2D eigenvalue weighted by Gasteiger charge is 2.55. The summed E-state index contributed by atoms with van der Waals surface area (Å²) in [5.74, 6) is -4.20. The van der Waals surface area contributed by atoms with E-state index >= 15 is 0 Å². The van der Waals surface area contributed by atoms with Crippen LogP contribution < -0.4 is 29.1 Å². The van der Waals surface area contributed by atoms with E-state index in [0.29, 0.717) is 17.1 Å². The van der Waals surface area contributed by atoms with Gasteiger partial charge in [-0.05, 0) is 86.6 Å². The second-order valence-electron chi connectivity index (χ2n) is 19.1. The van der Waals surface area contributed by atoms with E-state index in [9.17, 15) is 24.0 Å². The van der Waals surface area contributed by atoms with E-state index in [1.54, 1.807) is 110 Å². The van der Waals surface area contributed by atoms with Crippen LogP contribution in [0.5, 0.6) is 28.7 Å². The van der Waals surface area contributed by atoms with Crippen molar-refractivity contribution in [2.45, 2.75) is 50.3 Å². The third-order valence-electron chi connectivity index (χ3n) is 13.6. The Morgan fingerprint density at radius 1 is 0.549 bits per heavy atom. The predicted molar refractivity (Wildman–Crippen MR) is 298 cm³/mol. The minimum absolute atomic E-state index is 0.00814. The molecule has 0 radical (unpaired) electrons. The van der Waals surface area contributed by atoms with Gasteiger partial charge < -0.3 is 51.8 Å². The van der Waals surface area contributed by atoms with E-state index in [1.165, 1.54) is 55.6 Å². The lowest BCUT2D eigenvalue weighted by atomic mass is 9.96. The average Bonchev–Trinajstić information content (AvgIpc) is 4.07. The average molecular weight is 1100 g/mol. The predicted octanol–water partition coefficient (Wildman–Crippen LogP) is 11.5. The summed E-state index contributed by atoms with van der Waals surface area (Å²) in [7, 11) is 1.35. The molecule has 0 spiro atoms. The van der Waals surface area contributed by atoms with Crippen LogP contribution >= 0.6 is 0 Å². The van der Waals surface area contributed by atoms with E-state index in [2.05, 4.69) is 0 Å². The van der Waals surface area contributed by atoms with E-state index in [-0.39, 0.29) is 62.8 Å². The molecule has 9 aromatic rings. The van der Waals surface area contributed by atoms with Crippen molar-refractivity contribution >= 4 is 34.8 Å². The number of methoxy groups -OCH3 is 1. The van der Waals surface area contributed by atoms with Crippen molar-refractivity contribution in [3.05, 3.63) is 255 Å². The quantitative estimate of drug-likeness (QED) is 0.0617. The van der Waals surface area contributed by atoms with E-state index in [1.807, 2.05) is 61.5 Å². The molecule has 0 bridgehead atoms. The van der Waals surface area contributed by atoms with Gasteiger partial charge in [0, 0.05) is 28.8 Å². The summed E-state index contributed by atoms with van der Waals surface area (Å²) >= 11 is 0. The van der Waals surface area contributed by atoms with Gasteiger partial charge in [0.25, 0.3) is 0 Å². The third-order valence-corrected chi connectivity index (χ3v) is 13.6. The first-order valence-electron chi connectivity index (χ1n) is 26.3. The molecule has 1 saturated heterocycles. The molecule has 8 aromatic carbocycles. The van der Waals surface area contributed by atoms with Crippen molar-refractivity contribution in [2.75, 3.05) is 20.3 Å². The largest absolute Gasteiger partial charge is 0.493 e. The molecule has 16 nitrogen and oxygen atoms in total. The summed E-state index contributed by atoms with van der Waals surface area (Å²) in [6.07, 6.45) is -8.38. The van der Waals surface area contributed by atoms with Gasteiger partial charge in [-0.25, -0.2) is 19.2 Å². The van der Waals surface area contributed by atoms with Crippen molar-refractivity contribution in [2.24, 2.45) is 0 Å². The normalized spacial score (nSPS) is 18.8. The summed E-state index contributed by atoms with van der Waals surface area (Å²) in [5.41, 5.74) is 2.76. The van der Waals surface area contributed by atoms with E-state index in [4.69, 9.17) is 51.8 Å². The van der Waals surface area contributed by atoms with Crippen LogP contribution in [0.2, 0.25) is 0 Å². The monoisotopic (exact) mass is 1100 g/mol. The molecule has 1 fully saturated rings. The highest BCUT2D eigenvalue weighted by atomic mass is 16.7. The SMILES string of the molecule is CCOc1cc(O[C@@H]2OC(COC(=O)c3ccccc3)[C@@H](OC(=O)c3ccccc3)C(OC(=O)c3ccccc3)C2OC(=O)c2ccccc2)cc2oc(-c3ccc4c(c3)OC(c3ccccc3)(c3cccc(C)c3)O4)c(OC)c(=O)c12. The molecule has 0 saturated carbocycles. The van der Waals surface area contributed by atoms with Gasteiger partial charge in [-0.3, -0.25) is 4.79 Å². The summed E-state index contributed by atoms with van der Waals surface area (Å²) in [5, 5.41) is -0.0111. The van der Waals surface area contributed by atoms with Crippen molar-refractivity contribution in [3.63, 3.8) is 0 Å². The zero-order valence-corrected chi connectivity index (χ0v) is 44.5. The van der Waals surface area contributed by atoms with Crippen LogP contribution in [-0.2, 0) is 29.5 Å². The molecule has 2 aliphatic heterocycles. The lowest BCUT2D eigenvalue weighted by Gasteiger charge is -2.44. The van der Waals surface area contributed by atoms with Gasteiger partial charge in [-0.1, -0.05) is 127 Å². The first kappa shape index (κ1) is 53.8. The van der Waals surface area contributed by atoms with Crippen molar-refractivity contribution in [1.29, 1.82) is 0 Å². The number of rotatable bonds is 17. The number of esters is 4. The fourth-order valence-electron chi connectivity index (χ4n) is 9.77. The molecular weight excluding hydrogens is 1050 g/mol. The van der Waals surface area contributed by atoms with Crippen LogP contribution in [0.3, 0.4) is 0 Å². The van der Waals surface area contributed by atoms with Gasteiger partial charge in [0.15, 0.2) is 29.5 Å². The van der Waals surface area contributed by atoms with Crippen LogP contribution in [0.25, 0.3) is 22.3 Å².